The number of halogens is 1. The molecule has 1 aromatic rings. The summed E-state index contributed by atoms with van der Waals surface area (Å²) in [6, 6.07) is 4.14. The van der Waals surface area contributed by atoms with Gasteiger partial charge in [0, 0.05) is 18.0 Å². The third-order valence-corrected chi connectivity index (χ3v) is 4.83. The van der Waals surface area contributed by atoms with Crippen LogP contribution in [0.25, 0.3) is 0 Å². The molecule has 0 aliphatic carbocycles. The Labute approximate surface area is 174 Å². The minimum absolute atomic E-state index is 0.0721. The van der Waals surface area contributed by atoms with Crippen LogP contribution < -0.4 is 16.0 Å². The van der Waals surface area contributed by atoms with Crippen molar-refractivity contribution >= 4 is 24.2 Å². The number of amides is 3. The second-order valence-corrected chi connectivity index (χ2v) is 7.76. The van der Waals surface area contributed by atoms with Gasteiger partial charge in [0.1, 0.15) is 24.8 Å². The standard InChI is InChI=1S/C21H28FN3O5/c1-13(2)9-18(25-21(29)30-12-15-5-3-4-6-17(15)22)20(28)24-16(11-26)10-14-7-8-23-19(14)27/h3-6,11,13-14,16,18H,7-10,12H2,1-2H3,(H,23,27)(H,24,28)(H,25,29). The van der Waals surface area contributed by atoms with Crippen molar-refractivity contribution in [3.05, 3.63) is 35.6 Å². The van der Waals surface area contributed by atoms with Crippen LogP contribution in [0.4, 0.5) is 9.18 Å². The van der Waals surface area contributed by atoms with Crippen LogP contribution in [0, 0.1) is 17.7 Å². The monoisotopic (exact) mass is 421 g/mol. The molecule has 164 valence electrons. The van der Waals surface area contributed by atoms with E-state index in [0.29, 0.717) is 25.7 Å². The second kappa shape index (κ2) is 11.3. The molecule has 0 saturated carbocycles. The fourth-order valence-electron chi connectivity index (χ4n) is 3.25. The van der Waals surface area contributed by atoms with Crippen LogP contribution in [0.15, 0.2) is 24.3 Å². The zero-order valence-corrected chi connectivity index (χ0v) is 17.2. The molecule has 1 fully saturated rings. The van der Waals surface area contributed by atoms with E-state index < -0.39 is 29.9 Å². The molecule has 0 aromatic heterocycles. The number of alkyl carbamates (subject to hydrolysis) is 1. The molecule has 0 radical (unpaired) electrons. The van der Waals surface area contributed by atoms with Gasteiger partial charge in [-0.25, -0.2) is 9.18 Å². The lowest BCUT2D eigenvalue weighted by atomic mass is 9.98. The molecule has 30 heavy (non-hydrogen) atoms. The molecule has 1 saturated heterocycles. The van der Waals surface area contributed by atoms with Gasteiger partial charge in [-0.3, -0.25) is 9.59 Å². The quantitative estimate of drug-likeness (QED) is 0.498. The van der Waals surface area contributed by atoms with Crippen LogP contribution in [0.3, 0.4) is 0 Å². The Kier molecular flexibility index (Phi) is 8.76. The number of ether oxygens (including phenoxy) is 1. The third kappa shape index (κ3) is 7.13. The van der Waals surface area contributed by atoms with E-state index in [-0.39, 0.29) is 36.3 Å². The maximum absolute atomic E-state index is 13.6. The molecule has 1 aliphatic rings. The largest absolute Gasteiger partial charge is 0.445 e. The number of nitrogens with one attached hydrogen (secondary N) is 3. The van der Waals surface area contributed by atoms with Crippen molar-refractivity contribution in [2.75, 3.05) is 6.54 Å². The zero-order valence-electron chi connectivity index (χ0n) is 17.2. The van der Waals surface area contributed by atoms with Crippen molar-refractivity contribution in [1.82, 2.24) is 16.0 Å². The Morgan fingerprint density at radius 3 is 2.63 bits per heavy atom. The van der Waals surface area contributed by atoms with E-state index in [2.05, 4.69) is 16.0 Å². The molecule has 3 amide bonds. The minimum atomic E-state index is -0.932. The minimum Gasteiger partial charge on any atom is -0.445 e. The van der Waals surface area contributed by atoms with Crippen LogP contribution in [-0.2, 0) is 25.7 Å². The van der Waals surface area contributed by atoms with Crippen LogP contribution in [0.2, 0.25) is 0 Å². The first-order valence-electron chi connectivity index (χ1n) is 10.00. The first-order chi connectivity index (χ1) is 14.3. The van der Waals surface area contributed by atoms with Crippen molar-refractivity contribution in [3.8, 4) is 0 Å². The number of rotatable bonds is 10. The Morgan fingerprint density at radius 2 is 2.03 bits per heavy atom. The highest BCUT2D eigenvalue weighted by Gasteiger charge is 2.30. The van der Waals surface area contributed by atoms with Gasteiger partial charge in [-0.1, -0.05) is 32.0 Å². The van der Waals surface area contributed by atoms with Gasteiger partial charge in [-0.2, -0.15) is 0 Å². The topological polar surface area (TPSA) is 114 Å². The van der Waals surface area contributed by atoms with Gasteiger partial charge in [0.05, 0.1) is 6.04 Å². The Morgan fingerprint density at radius 1 is 1.30 bits per heavy atom. The van der Waals surface area contributed by atoms with Crippen LogP contribution in [-0.4, -0.2) is 42.8 Å². The average Bonchev–Trinajstić information content (AvgIpc) is 3.10. The van der Waals surface area contributed by atoms with Gasteiger partial charge in [0.25, 0.3) is 0 Å². The summed E-state index contributed by atoms with van der Waals surface area (Å²) in [5, 5.41) is 7.76. The van der Waals surface area contributed by atoms with Crippen molar-refractivity contribution in [2.45, 2.75) is 51.8 Å². The Balaban J connectivity index is 1.93. The fourth-order valence-corrected chi connectivity index (χ4v) is 3.25. The average molecular weight is 421 g/mol. The lowest BCUT2D eigenvalue weighted by Crippen LogP contribution is -2.51. The van der Waals surface area contributed by atoms with E-state index in [9.17, 15) is 23.6 Å². The summed E-state index contributed by atoms with van der Waals surface area (Å²) in [6.07, 6.45) is 0.849. The zero-order chi connectivity index (χ0) is 22.1. The van der Waals surface area contributed by atoms with Crippen molar-refractivity contribution in [3.63, 3.8) is 0 Å². The highest BCUT2D eigenvalue weighted by Crippen LogP contribution is 2.16. The first kappa shape index (κ1) is 23.3. The summed E-state index contributed by atoms with van der Waals surface area (Å²) in [7, 11) is 0. The first-order valence-corrected chi connectivity index (χ1v) is 10.00. The molecule has 2 rings (SSSR count). The molecule has 3 unspecified atom stereocenters. The number of aldehydes is 1. The van der Waals surface area contributed by atoms with Crippen molar-refractivity contribution < 1.29 is 28.3 Å². The van der Waals surface area contributed by atoms with E-state index in [1.54, 1.807) is 6.07 Å². The lowest BCUT2D eigenvalue weighted by molar-refractivity contribution is -0.127. The summed E-state index contributed by atoms with van der Waals surface area (Å²) in [6.45, 7) is 4.04. The summed E-state index contributed by atoms with van der Waals surface area (Å²) in [5.74, 6) is -1.43. The molecule has 3 N–H and O–H groups in total. The van der Waals surface area contributed by atoms with E-state index in [1.807, 2.05) is 13.8 Å². The molecule has 1 aromatic carbocycles. The molecule has 0 spiro atoms. The van der Waals surface area contributed by atoms with E-state index in [0.717, 1.165) is 0 Å². The molecular weight excluding hydrogens is 393 g/mol. The molecule has 1 heterocycles. The Bertz CT molecular complexity index is 771. The molecule has 9 heteroatoms. The van der Waals surface area contributed by atoms with Gasteiger partial charge in [-0.15, -0.1) is 0 Å². The van der Waals surface area contributed by atoms with Crippen LogP contribution >= 0.6 is 0 Å². The smallest absolute Gasteiger partial charge is 0.408 e. The van der Waals surface area contributed by atoms with E-state index in [1.165, 1.54) is 18.2 Å². The molecule has 0 bridgehead atoms. The van der Waals surface area contributed by atoms with E-state index in [4.69, 9.17) is 4.74 Å². The third-order valence-electron chi connectivity index (χ3n) is 4.83. The molecular formula is C21H28FN3O5. The number of hydrogen-bond acceptors (Lipinski definition) is 5. The number of benzene rings is 1. The number of carbonyl (C=O) groups excluding carboxylic acids is 4. The lowest BCUT2D eigenvalue weighted by Gasteiger charge is -2.23. The number of carbonyl (C=O) groups is 4. The Hall–Kier alpha value is -2.97. The molecule has 3 atom stereocenters. The summed E-state index contributed by atoms with van der Waals surface area (Å²) < 4.78 is 18.7. The maximum Gasteiger partial charge on any atom is 0.408 e. The van der Waals surface area contributed by atoms with Gasteiger partial charge in [0.2, 0.25) is 11.8 Å². The normalized spacial score (nSPS) is 17.7. The number of hydrogen-bond donors (Lipinski definition) is 3. The molecule has 8 nitrogen and oxygen atoms in total. The molecule has 1 aliphatic heterocycles. The summed E-state index contributed by atoms with van der Waals surface area (Å²) >= 11 is 0. The van der Waals surface area contributed by atoms with Gasteiger partial charge in [0.15, 0.2) is 0 Å². The predicted molar refractivity (Wildman–Crippen MR) is 107 cm³/mol. The van der Waals surface area contributed by atoms with E-state index >= 15 is 0 Å². The maximum atomic E-state index is 13.6. The summed E-state index contributed by atoms with van der Waals surface area (Å²) in [4.78, 5) is 47.9. The van der Waals surface area contributed by atoms with Gasteiger partial charge < -0.3 is 25.5 Å². The SMILES string of the molecule is CC(C)CC(NC(=O)OCc1ccccc1F)C(=O)NC(C=O)CC1CCNC1=O. The van der Waals surface area contributed by atoms with Crippen LogP contribution in [0.1, 0.15) is 38.7 Å². The summed E-state index contributed by atoms with van der Waals surface area (Å²) in [5.41, 5.74) is 0.216. The van der Waals surface area contributed by atoms with Crippen molar-refractivity contribution in [1.29, 1.82) is 0 Å². The van der Waals surface area contributed by atoms with Crippen molar-refractivity contribution in [2.24, 2.45) is 11.8 Å². The van der Waals surface area contributed by atoms with Crippen LogP contribution in [0.5, 0.6) is 0 Å². The predicted octanol–water partition coefficient (Wildman–Crippen LogP) is 1.68. The van der Waals surface area contributed by atoms with Gasteiger partial charge >= 0.3 is 6.09 Å². The highest BCUT2D eigenvalue weighted by molar-refractivity contribution is 5.88. The highest BCUT2D eigenvalue weighted by atomic mass is 19.1. The second-order valence-electron chi connectivity index (χ2n) is 7.76. The fraction of sp³-hybridized carbons (Fsp3) is 0.524. The van der Waals surface area contributed by atoms with Gasteiger partial charge in [-0.05, 0) is 31.2 Å².